The summed E-state index contributed by atoms with van der Waals surface area (Å²) in [4.78, 5) is 10.4. The molecule has 0 heterocycles. The molecule has 0 aromatic heterocycles. The molecule has 6 heteroatoms. The lowest BCUT2D eigenvalue weighted by Gasteiger charge is -2.00. The van der Waals surface area contributed by atoms with Crippen LogP contribution >= 0.6 is 0 Å². The Bertz CT molecular complexity index is 214. The average molecular weight is 168 g/mol. The zero-order chi connectivity index (χ0) is 8.36. The molecule has 0 rings (SSSR count). The molecular formula is C4H8O5S. The van der Waals surface area contributed by atoms with Gasteiger partial charge in [0.1, 0.15) is 0 Å². The quantitative estimate of drug-likeness (QED) is 0.586. The van der Waals surface area contributed by atoms with Crippen LogP contribution in [0.25, 0.3) is 0 Å². The minimum atomic E-state index is -4.62. The molecule has 0 aliphatic rings. The third-order valence-corrected chi connectivity index (χ3v) is 1.03. The van der Waals surface area contributed by atoms with E-state index in [0.29, 0.717) is 0 Å². The maximum Gasteiger partial charge on any atom is 0.448 e. The molecule has 1 N–H and O–H groups in total. The van der Waals surface area contributed by atoms with Crippen molar-refractivity contribution in [3.05, 3.63) is 0 Å². The van der Waals surface area contributed by atoms with Crippen LogP contribution in [0.1, 0.15) is 13.8 Å². The van der Waals surface area contributed by atoms with Crippen LogP contribution in [0.5, 0.6) is 0 Å². The van der Waals surface area contributed by atoms with Gasteiger partial charge in [-0.3, -0.25) is 9.35 Å². The van der Waals surface area contributed by atoms with Gasteiger partial charge in [0.2, 0.25) is 0 Å². The van der Waals surface area contributed by atoms with Crippen LogP contribution in [0.2, 0.25) is 0 Å². The van der Waals surface area contributed by atoms with Crippen LogP contribution in [0.4, 0.5) is 0 Å². The van der Waals surface area contributed by atoms with Gasteiger partial charge in [0.15, 0.2) is 0 Å². The Morgan fingerprint density at radius 2 is 1.90 bits per heavy atom. The second kappa shape index (κ2) is 2.98. The molecule has 0 saturated heterocycles. The monoisotopic (exact) mass is 168 g/mol. The van der Waals surface area contributed by atoms with Crippen molar-refractivity contribution in [3.63, 3.8) is 0 Å². The summed E-state index contributed by atoms with van der Waals surface area (Å²) in [7, 11) is -4.62. The van der Waals surface area contributed by atoms with Gasteiger partial charge >= 0.3 is 16.4 Å². The Hall–Kier alpha value is -0.620. The summed E-state index contributed by atoms with van der Waals surface area (Å²) in [6.07, 6.45) is 0. The van der Waals surface area contributed by atoms with E-state index in [1.54, 1.807) is 0 Å². The number of hydrogen-bond donors (Lipinski definition) is 1. The van der Waals surface area contributed by atoms with Crippen LogP contribution < -0.4 is 0 Å². The first-order chi connectivity index (χ1) is 4.33. The number of rotatable bonds is 2. The van der Waals surface area contributed by atoms with Gasteiger partial charge in [0.05, 0.1) is 5.92 Å². The van der Waals surface area contributed by atoms with Crippen molar-refractivity contribution in [2.75, 3.05) is 0 Å². The smallest absolute Gasteiger partial charge is 0.325 e. The average Bonchev–Trinajstić information content (AvgIpc) is 1.60. The van der Waals surface area contributed by atoms with E-state index in [4.69, 9.17) is 4.55 Å². The standard InChI is InChI=1S/C4H8O5S/c1-3(2)4(5)9-10(6,7)8/h3H,1-2H3,(H,6,7,8). The summed E-state index contributed by atoms with van der Waals surface area (Å²) in [6.45, 7) is 2.90. The lowest BCUT2D eigenvalue weighted by molar-refractivity contribution is -0.137. The molecule has 0 atom stereocenters. The molecule has 0 unspecified atom stereocenters. The highest BCUT2D eigenvalue weighted by Crippen LogP contribution is 1.98. The SMILES string of the molecule is CC(C)C(=O)OS(=O)(=O)O. The number of carbonyl (C=O) groups excluding carboxylic acids is 1. The maximum atomic E-state index is 10.4. The summed E-state index contributed by atoms with van der Waals surface area (Å²) < 4.78 is 31.3. The molecule has 0 aliphatic carbocycles. The highest BCUT2D eigenvalue weighted by atomic mass is 32.3. The molecule has 0 aromatic rings. The zero-order valence-corrected chi connectivity index (χ0v) is 6.38. The Kier molecular flexibility index (Phi) is 2.79. The highest BCUT2D eigenvalue weighted by molar-refractivity contribution is 7.81. The van der Waals surface area contributed by atoms with Gasteiger partial charge in [0, 0.05) is 0 Å². The molecule has 0 radical (unpaired) electrons. The van der Waals surface area contributed by atoms with E-state index in [9.17, 15) is 13.2 Å². The maximum absolute atomic E-state index is 10.4. The third kappa shape index (κ3) is 4.28. The Labute approximate surface area is 58.9 Å². The van der Waals surface area contributed by atoms with Crippen LogP contribution in [-0.4, -0.2) is 18.9 Å². The van der Waals surface area contributed by atoms with Gasteiger partial charge in [-0.05, 0) is 0 Å². The minimum absolute atomic E-state index is 0.568. The van der Waals surface area contributed by atoms with Gasteiger partial charge in [-0.2, -0.15) is 8.42 Å². The fourth-order valence-electron chi connectivity index (χ4n) is 0.200. The summed E-state index contributed by atoms with van der Waals surface area (Å²) in [5.41, 5.74) is 0. The van der Waals surface area contributed by atoms with Gasteiger partial charge in [-0.15, -0.1) is 0 Å². The van der Waals surface area contributed by atoms with E-state index in [-0.39, 0.29) is 0 Å². The van der Waals surface area contributed by atoms with E-state index >= 15 is 0 Å². The Morgan fingerprint density at radius 3 is 2.00 bits per heavy atom. The minimum Gasteiger partial charge on any atom is -0.325 e. The first-order valence-electron chi connectivity index (χ1n) is 2.53. The normalized spacial score (nSPS) is 11.6. The summed E-state index contributed by atoms with van der Waals surface area (Å²) in [5, 5.41) is 0. The first-order valence-corrected chi connectivity index (χ1v) is 3.90. The van der Waals surface area contributed by atoms with E-state index in [0.717, 1.165) is 0 Å². The molecular weight excluding hydrogens is 160 g/mol. The van der Waals surface area contributed by atoms with Crippen molar-refractivity contribution in [1.82, 2.24) is 0 Å². The molecule has 0 aromatic carbocycles. The molecule has 0 bridgehead atoms. The van der Waals surface area contributed by atoms with E-state index in [2.05, 4.69) is 4.18 Å². The molecule has 0 amide bonds. The molecule has 0 fully saturated rings. The molecule has 5 nitrogen and oxygen atoms in total. The van der Waals surface area contributed by atoms with Crippen molar-refractivity contribution in [2.24, 2.45) is 5.92 Å². The summed E-state index contributed by atoms with van der Waals surface area (Å²) in [5.74, 6) is -1.54. The van der Waals surface area contributed by atoms with Crippen molar-refractivity contribution in [1.29, 1.82) is 0 Å². The van der Waals surface area contributed by atoms with Crippen molar-refractivity contribution in [2.45, 2.75) is 13.8 Å². The Morgan fingerprint density at radius 1 is 1.50 bits per heavy atom. The number of hydrogen-bond acceptors (Lipinski definition) is 4. The summed E-state index contributed by atoms with van der Waals surface area (Å²) in [6, 6.07) is 0. The third-order valence-electron chi connectivity index (χ3n) is 0.659. The van der Waals surface area contributed by atoms with Crippen molar-refractivity contribution < 1.29 is 21.9 Å². The summed E-state index contributed by atoms with van der Waals surface area (Å²) >= 11 is 0. The molecule has 60 valence electrons. The van der Waals surface area contributed by atoms with E-state index in [1.807, 2.05) is 0 Å². The van der Waals surface area contributed by atoms with Crippen LogP contribution in [-0.2, 0) is 19.4 Å². The second-order valence-electron chi connectivity index (χ2n) is 1.98. The van der Waals surface area contributed by atoms with Gasteiger partial charge < -0.3 is 4.18 Å². The van der Waals surface area contributed by atoms with Gasteiger partial charge in [0.25, 0.3) is 0 Å². The number of carbonyl (C=O) groups is 1. The zero-order valence-electron chi connectivity index (χ0n) is 5.57. The van der Waals surface area contributed by atoms with Crippen LogP contribution in [0.3, 0.4) is 0 Å². The van der Waals surface area contributed by atoms with Crippen LogP contribution in [0.15, 0.2) is 0 Å². The highest BCUT2D eigenvalue weighted by Gasteiger charge is 2.15. The Balaban J connectivity index is 4.07. The van der Waals surface area contributed by atoms with Crippen LogP contribution in [0, 0.1) is 5.92 Å². The van der Waals surface area contributed by atoms with Gasteiger partial charge in [-0.1, -0.05) is 13.8 Å². The van der Waals surface area contributed by atoms with E-state index < -0.39 is 22.3 Å². The second-order valence-corrected chi connectivity index (χ2v) is 3.01. The molecule has 0 spiro atoms. The molecule has 0 saturated carbocycles. The lowest BCUT2D eigenvalue weighted by atomic mass is 10.2. The topological polar surface area (TPSA) is 80.7 Å². The predicted octanol–water partition coefficient (Wildman–Crippen LogP) is -0.0116. The lowest BCUT2D eigenvalue weighted by Crippen LogP contribution is -2.16. The largest absolute Gasteiger partial charge is 0.448 e. The first kappa shape index (κ1) is 9.38. The predicted molar refractivity (Wildman–Crippen MR) is 32.5 cm³/mol. The van der Waals surface area contributed by atoms with Crippen molar-refractivity contribution in [3.8, 4) is 0 Å². The van der Waals surface area contributed by atoms with E-state index in [1.165, 1.54) is 13.8 Å². The van der Waals surface area contributed by atoms with Crippen molar-refractivity contribution >= 4 is 16.4 Å². The fourth-order valence-corrected chi connectivity index (χ4v) is 0.600. The molecule has 0 aliphatic heterocycles. The molecule has 10 heavy (non-hydrogen) atoms. The van der Waals surface area contributed by atoms with Gasteiger partial charge in [-0.25, -0.2) is 0 Å². The fraction of sp³-hybridized carbons (Fsp3) is 0.750.